The minimum atomic E-state index is -2.52. The van der Waals surface area contributed by atoms with Crippen LogP contribution in [0.25, 0.3) is 0 Å². The number of aromatic nitrogens is 3. The molecule has 7 nitrogen and oxygen atoms in total. The number of fused-ring (bicyclic) bond motifs is 1. The molecule has 32 heavy (non-hydrogen) atoms. The summed E-state index contributed by atoms with van der Waals surface area (Å²) in [6, 6.07) is 3.66. The highest BCUT2D eigenvalue weighted by Gasteiger charge is 2.39. The summed E-state index contributed by atoms with van der Waals surface area (Å²) in [5.41, 5.74) is 0.829. The van der Waals surface area contributed by atoms with E-state index in [-0.39, 0.29) is 35.3 Å². The van der Waals surface area contributed by atoms with E-state index in [1.165, 1.54) is 15.3 Å². The maximum atomic E-state index is 14.0. The first-order valence-corrected chi connectivity index (χ1v) is 11.2. The number of carbonyl (C=O) groups is 1. The number of halogens is 2. The van der Waals surface area contributed by atoms with Crippen molar-refractivity contribution in [2.75, 3.05) is 18.4 Å². The molecule has 2 aromatic rings. The fraction of sp³-hybridized carbons (Fsp3) is 0.609. The molecule has 4 rings (SSSR count). The van der Waals surface area contributed by atoms with Gasteiger partial charge in [-0.25, -0.2) is 13.5 Å². The smallest absolute Gasteiger partial charge is 0.260 e. The lowest BCUT2D eigenvalue weighted by Crippen LogP contribution is -2.48. The molecule has 1 saturated heterocycles. The van der Waals surface area contributed by atoms with E-state index in [0.717, 1.165) is 18.5 Å². The number of aryl methyl sites for hydroxylation is 1. The Bertz CT molecular complexity index is 1060. The number of carbonyl (C=O) groups excluding carboxylic acids is 1. The summed E-state index contributed by atoms with van der Waals surface area (Å²) in [6.45, 7) is 7.16. The van der Waals surface area contributed by atoms with Crippen molar-refractivity contribution < 1.29 is 13.6 Å². The molecule has 0 saturated carbocycles. The van der Waals surface area contributed by atoms with E-state index < -0.39 is 12.5 Å². The van der Waals surface area contributed by atoms with Gasteiger partial charge in [-0.2, -0.15) is 5.10 Å². The molecule has 0 bridgehead atoms. The molecule has 9 heteroatoms. The van der Waals surface area contributed by atoms with Crippen molar-refractivity contribution in [3.8, 4) is 0 Å². The maximum Gasteiger partial charge on any atom is 0.260 e. The summed E-state index contributed by atoms with van der Waals surface area (Å²) in [5, 5.41) is 7.93. The second kappa shape index (κ2) is 8.33. The molecular weight excluding hydrogens is 416 g/mol. The Balaban J connectivity index is 1.54. The van der Waals surface area contributed by atoms with Gasteiger partial charge in [0.1, 0.15) is 11.9 Å². The molecule has 0 spiro atoms. The number of anilines is 1. The van der Waals surface area contributed by atoms with Crippen LogP contribution in [-0.4, -0.2) is 50.7 Å². The zero-order valence-corrected chi connectivity index (χ0v) is 19.0. The third-order valence-corrected chi connectivity index (χ3v) is 6.58. The van der Waals surface area contributed by atoms with Gasteiger partial charge in [-0.05, 0) is 31.2 Å². The Morgan fingerprint density at radius 2 is 2.03 bits per heavy atom. The summed E-state index contributed by atoms with van der Waals surface area (Å²) in [5.74, 6) is 0.549. The first-order valence-electron chi connectivity index (χ1n) is 11.2. The molecule has 0 aromatic carbocycles. The molecule has 2 aliphatic rings. The van der Waals surface area contributed by atoms with Gasteiger partial charge in [-0.1, -0.05) is 20.8 Å². The number of pyridine rings is 1. The number of hydrogen-bond acceptors (Lipinski definition) is 4. The van der Waals surface area contributed by atoms with Gasteiger partial charge < -0.3 is 14.8 Å². The van der Waals surface area contributed by atoms with Gasteiger partial charge in [-0.3, -0.25) is 9.59 Å². The van der Waals surface area contributed by atoms with E-state index in [0.29, 0.717) is 24.5 Å². The second-order valence-electron chi connectivity index (χ2n) is 10.0. The summed E-state index contributed by atoms with van der Waals surface area (Å²) in [6.07, 6.45) is 0.976. The highest BCUT2D eigenvalue weighted by Crippen LogP contribution is 2.38. The number of hydrogen-bond donors (Lipinski definition) is 1. The van der Waals surface area contributed by atoms with Gasteiger partial charge in [0, 0.05) is 49.9 Å². The number of piperidine rings is 1. The summed E-state index contributed by atoms with van der Waals surface area (Å²) < 4.78 is 30.8. The van der Waals surface area contributed by atoms with Crippen LogP contribution in [0.15, 0.2) is 29.2 Å². The molecular formula is C23H31F2N5O2. The van der Waals surface area contributed by atoms with Gasteiger partial charge in [0.05, 0.1) is 11.3 Å². The molecule has 174 valence electrons. The lowest BCUT2D eigenvalue weighted by molar-refractivity contribution is 0.0504. The Morgan fingerprint density at radius 3 is 2.69 bits per heavy atom. The first-order chi connectivity index (χ1) is 15.0. The van der Waals surface area contributed by atoms with Crippen molar-refractivity contribution in [2.24, 2.45) is 13.0 Å². The normalized spacial score (nSPS) is 23.7. The van der Waals surface area contributed by atoms with Crippen molar-refractivity contribution in [2.45, 2.75) is 64.0 Å². The van der Waals surface area contributed by atoms with E-state index in [9.17, 15) is 18.4 Å². The third kappa shape index (κ3) is 4.29. The van der Waals surface area contributed by atoms with E-state index in [1.807, 2.05) is 26.8 Å². The van der Waals surface area contributed by atoms with Gasteiger partial charge >= 0.3 is 0 Å². The zero-order valence-electron chi connectivity index (χ0n) is 19.0. The standard InChI is InChI=1S/C23H31F2N5O2/c1-23(2,3)18-11-19-26-16(10-17(21(24)25)30(19)27-18)14-6-5-9-29(13-14)22(32)15-7-8-20(31)28(4)12-15/h7-8,11-12,14,16-17,21,26H,5-6,9-10,13H2,1-4H3/t14?,16-,17+/m0/s1. The molecule has 1 unspecified atom stereocenters. The van der Waals surface area contributed by atoms with Crippen molar-refractivity contribution in [1.29, 1.82) is 0 Å². The minimum absolute atomic E-state index is 0.0585. The Labute approximate surface area is 186 Å². The van der Waals surface area contributed by atoms with Crippen LogP contribution in [0.2, 0.25) is 0 Å². The van der Waals surface area contributed by atoms with E-state index >= 15 is 0 Å². The van der Waals surface area contributed by atoms with Crippen molar-refractivity contribution in [3.63, 3.8) is 0 Å². The van der Waals surface area contributed by atoms with Crippen LogP contribution in [-0.2, 0) is 12.5 Å². The van der Waals surface area contributed by atoms with Crippen LogP contribution in [0.1, 0.15) is 62.1 Å². The topological polar surface area (TPSA) is 72.2 Å². The highest BCUT2D eigenvalue weighted by atomic mass is 19.3. The van der Waals surface area contributed by atoms with Gasteiger partial charge in [0.25, 0.3) is 12.3 Å². The minimum Gasteiger partial charge on any atom is -0.367 e. The van der Waals surface area contributed by atoms with Gasteiger partial charge in [0.15, 0.2) is 0 Å². The predicted molar refractivity (Wildman–Crippen MR) is 118 cm³/mol. The van der Waals surface area contributed by atoms with Crippen LogP contribution in [0, 0.1) is 5.92 Å². The lowest BCUT2D eigenvalue weighted by Gasteiger charge is -2.41. The number of rotatable bonds is 3. The number of amides is 1. The zero-order chi connectivity index (χ0) is 23.2. The molecule has 2 aliphatic heterocycles. The van der Waals surface area contributed by atoms with Crippen LogP contribution in [0.3, 0.4) is 0 Å². The lowest BCUT2D eigenvalue weighted by atomic mass is 9.85. The van der Waals surface area contributed by atoms with Gasteiger partial charge in [0.2, 0.25) is 5.56 Å². The number of nitrogens with one attached hydrogen (secondary N) is 1. The molecule has 0 aliphatic carbocycles. The summed E-state index contributed by atoms with van der Waals surface area (Å²) in [7, 11) is 1.61. The molecule has 4 heterocycles. The van der Waals surface area contributed by atoms with E-state index in [1.54, 1.807) is 24.2 Å². The molecule has 3 atom stereocenters. The average molecular weight is 448 g/mol. The molecule has 1 fully saturated rings. The Morgan fingerprint density at radius 1 is 1.28 bits per heavy atom. The highest BCUT2D eigenvalue weighted by molar-refractivity contribution is 5.94. The summed E-state index contributed by atoms with van der Waals surface area (Å²) in [4.78, 5) is 26.4. The Hall–Kier alpha value is -2.71. The average Bonchev–Trinajstić information content (AvgIpc) is 3.19. The largest absolute Gasteiger partial charge is 0.367 e. The van der Waals surface area contributed by atoms with Crippen LogP contribution < -0.4 is 10.9 Å². The predicted octanol–water partition coefficient (Wildman–Crippen LogP) is 3.42. The molecule has 1 N–H and O–H groups in total. The van der Waals surface area contributed by atoms with Gasteiger partial charge in [-0.15, -0.1) is 0 Å². The monoisotopic (exact) mass is 447 g/mol. The maximum absolute atomic E-state index is 14.0. The van der Waals surface area contributed by atoms with Crippen molar-refractivity contribution in [3.05, 3.63) is 46.0 Å². The van der Waals surface area contributed by atoms with Crippen LogP contribution >= 0.6 is 0 Å². The van der Waals surface area contributed by atoms with E-state index in [2.05, 4.69) is 10.4 Å². The van der Waals surface area contributed by atoms with Crippen molar-refractivity contribution >= 4 is 11.7 Å². The third-order valence-electron chi connectivity index (χ3n) is 6.58. The molecule has 2 aromatic heterocycles. The quantitative estimate of drug-likeness (QED) is 0.783. The Kier molecular flexibility index (Phi) is 5.85. The van der Waals surface area contributed by atoms with Crippen LogP contribution in [0.5, 0.6) is 0 Å². The molecule has 1 amide bonds. The van der Waals surface area contributed by atoms with Crippen molar-refractivity contribution in [1.82, 2.24) is 19.2 Å². The number of nitrogens with zero attached hydrogens (tertiary/aromatic N) is 4. The number of alkyl halides is 2. The first kappa shape index (κ1) is 22.5. The number of likely N-dealkylation sites (tertiary alicyclic amines) is 1. The SMILES string of the molecule is Cn1cc(C(=O)N2CCCC([C@@H]3C[C@H](C(F)F)n4nc(C(C)(C)C)cc4N3)C2)ccc1=O. The second-order valence-corrected chi connectivity index (χ2v) is 10.0. The molecule has 0 radical (unpaired) electrons. The van der Waals surface area contributed by atoms with E-state index in [4.69, 9.17) is 0 Å². The fourth-order valence-electron chi connectivity index (χ4n) is 4.68. The fourth-order valence-corrected chi connectivity index (χ4v) is 4.68. The summed E-state index contributed by atoms with van der Waals surface area (Å²) >= 11 is 0. The van der Waals surface area contributed by atoms with Crippen LogP contribution in [0.4, 0.5) is 14.6 Å².